The van der Waals surface area contributed by atoms with Gasteiger partial charge < -0.3 is 5.32 Å². The van der Waals surface area contributed by atoms with Crippen LogP contribution in [0.2, 0.25) is 0 Å². The second-order valence-corrected chi connectivity index (χ2v) is 9.63. The van der Waals surface area contributed by atoms with Crippen molar-refractivity contribution in [3.05, 3.63) is 94.6 Å². The lowest BCUT2D eigenvalue weighted by molar-refractivity contribution is 0.558. The number of nitrogens with one attached hydrogen (secondary N) is 1. The summed E-state index contributed by atoms with van der Waals surface area (Å²) in [4.78, 5) is 0. The maximum Gasteiger partial charge on any atom is 0.123 e. The van der Waals surface area contributed by atoms with Crippen LogP contribution < -0.4 is 5.32 Å². The predicted octanol–water partition coefficient (Wildman–Crippen LogP) is 6.13. The maximum absolute atomic E-state index is 13.1. The highest BCUT2D eigenvalue weighted by Crippen LogP contribution is 2.34. The molecule has 1 aliphatic rings. The number of aromatic nitrogens is 2. The summed E-state index contributed by atoms with van der Waals surface area (Å²) in [6, 6.07) is 15.8. The van der Waals surface area contributed by atoms with Gasteiger partial charge in [0, 0.05) is 29.8 Å². The van der Waals surface area contributed by atoms with E-state index in [1.807, 2.05) is 12.1 Å². The molecular weight excluding hydrogens is 385 g/mol. The minimum absolute atomic E-state index is 0.142. The van der Waals surface area contributed by atoms with Crippen molar-refractivity contribution in [1.82, 2.24) is 15.1 Å². The number of rotatable bonds is 5. The summed E-state index contributed by atoms with van der Waals surface area (Å²) in [5, 5.41) is 8.45. The van der Waals surface area contributed by atoms with E-state index in [2.05, 4.69) is 81.0 Å². The summed E-state index contributed by atoms with van der Waals surface area (Å²) < 4.78 is 15.2. The molecule has 0 spiro atoms. The molecule has 4 heteroatoms. The molecular formula is C27H32FN3. The lowest BCUT2D eigenvalue weighted by Gasteiger charge is -2.19. The molecule has 1 aromatic heterocycles. The van der Waals surface area contributed by atoms with Gasteiger partial charge in [0.05, 0.1) is 11.4 Å². The third kappa shape index (κ3) is 4.64. The van der Waals surface area contributed by atoms with E-state index in [0.29, 0.717) is 12.0 Å². The molecule has 162 valence electrons. The highest BCUT2D eigenvalue weighted by Gasteiger charge is 2.26. The Labute approximate surface area is 185 Å². The van der Waals surface area contributed by atoms with Crippen LogP contribution in [-0.2, 0) is 12.0 Å². The highest BCUT2D eigenvalue weighted by atomic mass is 19.1. The van der Waals surface area contributed by atoms with Crippen LogP contribution in [0.25, 0.3) is 5.69 Å². The lowest BCUT2D eigenvalue weighted by atomic mass is 9.87. The number of benzene rings is 2. The van der Waals surface area contributed by atoms with Gasteiger partial charge in [0.25, 0.3) is 0 Å². The predicted molar refractivity (Wildman–Crippen MR) is 125 cm³/mol. The third-order valence-corrected chi connectivity index (χ3v) is 6.26. The topological polar surface area (TPSA) is 29.9 Å². The number of aryl methyl sites for hydroxylation is 1. The summed E-state index contributed by atoms with van der Waals surface area (Å²) in [7, 11) is 0. The lowest BCUT2D eigenvalue weighted by Crippen LogP contribution is -2.25. The Balaban J connectivity index is 1.46. The number of nitrogens with zero attached hydrogens (tertiary/aromatic N) is 2. The molecule has 2 atom stereocenters. The average Bonchev–Trinajstić information content (AvgIpc) is 3.30. The first kappa shape index (κ1) is 21.5. The number of hydrogen-bond donors (Lipinski definition) is 1. The van der Waals surface area contributed by atoms with Crippen molar-refractivity contribution < 1.29 is 4.39 Å². The van der Waals surface area contributed by atoms with E-state index in [-0.39, 0.29) is 11.2 Å². The minimum Gasteiger partial charge on any atom is -0.306 e. The molecule has 0 amide bonds. The summed E-state index contributed by atoms with van der Waals surface area (Å²) in [5.41, 5.74) is 7.28. The maximum atomic E-state index is 13.1. The van der Waals surface area contributed by atoms with Crippen LogP contribution in [0.4, 0.5) is 4.39 Å². The van der Waals surface area contributed by atoms with Gasteiger partial charge in [-0.05, 0) is 61.1 Å². The quantitative estimate of drug-likeness (QED) is 0.506. The van der Waals surface area contributed by atoms with Gasteiger partial charge in [0.15, 0.2) is 0 Å². The molecule has 0 saturated heterocycles. The van der Waals surface area contributed by atoms with Crippen molar-refractivity contribution in [3.63, 3.8) is 0 Å². The average molecular weight is 418 g/mol. The van der Waals surface area contributed by atoms with E-state index in [4.69, 9.17) is 5.10 Å². The van der Waals surface area contributed by atoms with Crippen molar-refractivity contribution in [2.24, 2.45) is 0 Å². The molecule has 0 aliphatic heterocycles. The summed E-state index contributed by atoms with van der Waals surface area (Å²) in [6.45, 7) is 11.7. The second-order valence-electron chi connectivity index (χ2n) is 9.63. The van der Waals surface area contributed by atoms with Crippen molar-refractivity contribution in [1.29, 1.82) is 0 Å². The Hall–Kier alpha value is -2.72. The van der Waals surface area contributed by atoms with Gasteiger partial charge >= 0.3 is 0 Å². The normalized spacial score (nSPS) is 18.6. The van der Waals surface area contributed by atoms with Crippen LogP contribution in [0.5, 0.6) is 0 Å². The first-order valence-electron chi connectivity index (χ1n) is 11.1. The number of allylic oxidation sites excluding steroid dienone is 1. The molecule has 1 N–H and O–H groups in total. The van der Waals surface area contributed by atoms with Crippen LogP contribution in [0.1, 0.15) is 61.2 Å². The van der Waals surface area contributed by atoms with Crippen molar-refractivity contribution in [3.8, 4) is 5.69 Å². The van der Waals surface area contributed by atoms with Gasteiger partial charge in [-0.3, -0.25) is 0 Å². The summed E-state index contributed by atoms with van der Waals surface area (Å²) in [5.74, 6) is 0.161. The molecule has 31 heavy (non-hydrogen) atoms. The standard InChI is InChI=1S/C27H32FN3/c1-18-26(19(2)31(30-18)25-14-9-22(10-15-25)27(3,4)5)21-8-13-24(16-21)29-17-20-6-11-23(28)12-7-20/h6-15,21,24,29H,16-17H2,1-5H3. The van der Waals surface area contributed by atoms with Crippen LogP contribution in [-0.4, -0.2) is 15.8 Å². The molecule has 0 saturated carbocycles. The monoisotopic (exact) mass is 417 g/mol. The van der Waals surface area contributed by atoms with E-state index in [0.717, 1.165) is 29.9 Å². The van der Waals surface area contributed by atoms with E-state index in [1.54, 1.807) is 0 Å². The van der Waals surface area contributed by atoms with Gasteiger partial charge in [-0.25, -0.2) is 9.07 Å². The minimum atomic E-state index is -0.194. The fraction of sp³-hybridized carbons (Fsp3) is 0.370. The van der Waals surface area contributed by atoms with E-state index >= 15 is 0 Å². The van der Waals surface area contributed by atoms with Gasteiger partial charge in [0.2, 0.25) is 0 Å². The Morgan fingerprint density at radius 1 is 1.00 bits per heavy atom. The van der Waals surface area contributed by atoms with E-state index in [1.165, 1.54) is 29.0 Å². The molecule has 4 rings (SSSR count). The Kier molecular flexibility index (Phi) is 5.85. The zero-order chi connectivity index (χ0) is 22.2. The van der Waals surface area contributed by atoms with Gasteiger partial charge in [-0.2, -0.15) is 5.10 Å². The fourth-order valence-corrected chi connectivity index (χ4v) is 4.46. The molecule has 2 unspecified atom stereocenters. The van der Waals surface area contributed by atoms with E-state index < -0.39 is 0 Å². The van der Waals surface area contributed by atoms with Crippen LogP contribution >= 0.6 is 0 Å². The molecule has 2 aromatic carbocycles. The summed E-state index contributed by atoms with van der Waals surface area (Å²) in [6.07, 6.45) is 5.56. The zero-order valence-corrected chi connectivity index (χ0v) is 19.1. The Bertz CT molecular complexity index is 1070. The molecule has 3 nitrogen and oxygen atoms in total. The Morgan fingerprint density at radius 3 is 2.32 bits per heavy atom. The fourth-order valence-electron chi connectivity index (χ4n) is 4.46. The van der Waals surface area contributed by atoms with Gasteiger partial charge in [-0.15, -0.1) is 0 Å². The molecule has 3 aromatic rings. The smallest absolute Gasteiger partial charge is 0.123 e. The molecule has 1 heterocycles. The first-order chi connectivity index (χ1) is 14.7. The number of hydrogen-bond acceptors (Lipinski definition) is 2. The SMILES string of the molecule is Cc1nn(-c2ccc(C(C)(C)C)cc2)c(C)c1C1C=CC(NCc2ccc(F)cc2)C1. The molecule has 0 bridgehead atoms. The summed E-state index contributed by atoms with van der Waals surface area (Å²) >= 11 is 0. The van der Waals surface area contributed by atoms with Gasteiger partial charge in [-0.1, -0.05) is 57.2 Å². The van der Waals surface area contributed by atoms with Crippen molar-refractivity contribution >= 4 is 0 Å². The number of halogens is 1. The second kappa shape index (κ2) is 8.43. The largest absolute Gasteiger partial charge is 0.306 e. The van der Waals surface area contributed by atoms with E-state index in [9.17, 15) is 4.39 Å². The zero-order valence-electron chi connectivity index (χ0n) is 19.1. The molecule has 0 fully saturated rings. The third-order valence-electron chi connectivity index (χ3n) is 6.26. The first-order valence-corrected chi connectivity index (χ1v) is 11.1. The van der Waals surface area contributed by atoms with Gasteiger partial charge in [0.1, 0.15) is 5.82 Å². The van der Waals surface area contributed by atoms with Crippen LogP contribution in [0.15, 0.2) is 60.7 Å². The Morgan fingerprint density at radius 2 is 1.68 bits per heavy atom. The molecule has 0 radical (unpaired) electrons. The van der Waals surface area contributed by atoms with Crippen molar-refractivity contribution in [2.45, 2.75) is 65.0 Å². The van der Waals surface area contributed by atoms with Crippen LogP contribution in [0, 0.1) is 19.7 Å². The van der Waals surface area contributed by atoms with Crippen molar-refractivity contribution in [2.75, 3.05) is 0 Å². The van der Waals surface area contributed by atoms with Crippen LogP contribution in [0.3, 0.4) is 0 Å². The molecule has 1 aliphatic carbocycles. The highest BCUT2D eigenvalue weighted by molar-refractivity contribution is 5.43.